The minimum Gasteiger partial charge on any atom is -0.493 e. The van der Waals surface area contributed by atoms with Crippen LogP contribution in [0, 0.1) is 11.3 Å². The Hall–Kier alpha value is -3.56. The molecule has 1 amide bonds. The molecule has 0 aliphatic rings. The molecule has 0 bridgehead atoms. The second kappa shape index (κ2) is 11.2. The van der Waals surface area contributed by atoms with Crippen LogP contribution in [-0.4, -0.2) is 13.0 Å². The van der Waals surface area contributed by atoms with Crippen molar-refractivity contribution in [3.63, 3.8) is 0 Å². The Morgan fingerprint density at radius 3 is 2.41 bits per heavy atom. The van der Waals surface area contributed by atoms with E-state index in [9.17, 15) is 10.1 Å². The number of methoxy groups -OCH3 is 1. The van der Waals surface area contributed by atoms with E-state index in [4.69, 9.17) is 9.47 Å². The first-order valence-electron chi connectivity index (χ1n) is 10.0. The molecule has 1 atom stereocenters. The third-order valence-corrected chi connectivity index (χ3v) is 5.39. The summed E-state index contributed by atoms with van der Waals surface area (Å²) >= 11 is 3.51. The Morgan fingerprint density at radius 1 is 1.12 bits per heavy atom. The van der Waals surface area contributed by atoms with Crippen LogP contribution in [0.4, 0.5) is 0 Å². The molecule has 0 fully saturated rings. The van der Waals surface area contributed by atoms with Gasteiger partial charge in [0.15, 0.2) is 11.5 Å². The molecule has 0 heterocycles. The molecule has 0 aliphatic carbocycles. The highest BCUT2D eigenvalue weighted by atomic mass is 79.9. The standard InChI is InChI=1S/C26H23BrN2O3/c1-18(21-11-7-4-8-12-21)29-26(30)22(16-28)13-20-14-23(27)25(24(15-20)31-2)32-17-19-9-5-3-6-10-19/h3-15,18H,17H2,1-2H3,(H,29,30)/b22-13+/t18-/m0/s1. The molecule has 162 valence electrons. The van der Waals surface area contributed by atoms with Crippen LogP contribution in [0.1, 0.15) is 29.7 Å². The molecular weight excluding hydrogens is 468 g/mol. The highest BCUT2D eigenvalue weighted by Gasteiger charge is 2.16. The molecule has 0 unspecified atom stereocenters. The van der Waals surface area contributed by atoms with Crippen molar-refractivity contribution in [3.8, 4) is 17.6 Å². The van der Waals surface area contributed by atoms with E-state index in [1.165, 1.54) is 6.08 Å². The van der Waals surface area contributed by atoms with E-state index in [-0.39, 0.29) is 11.6 Å². The summed E-state index contributed by atoms with van der Waals surface area (Å²) in [5.41, 5.74) is 2.63. The van der Waals surface area contributed by atoms with E-state index in [0.29, 0.717) is 28.1 Å². The van der Waals surface area contributed by atoms with Crippen LogP contribution in [0.3, 0.4) is 0 Å². The number of nitriles is 1. The number of carbonyl (C=O) groups excluding carboxylic acids is 1. The highest BCUT2D eigenvalue weighted by Crippen LogP contribution is 2.37. The van der Waals surface area contributed by atoms with Gasteiger partial charge in [-0.05, 0) is 57.8 Å². The average Bonchev–Trinajstić information content (AvgIpc) is 2.82. The average molecular weight is 491 g/mol. The number of hydrogen-bond acceptors (Lipinski definition) is 4. The van der Waals surface area contributed by atoms with Gasteiger partial charge in [0, 0.05) is 0 Å². The summed E-state index contributed by atoms with van der Waals surface area (Å²) in [5, 5.41) is 12.4. The molecule has 3 rings (SSSR count). The molecule has 0 aliphatic heterocycles. The van der Waals surface area contributed by atoms with Crippen molar-refractivity contribution >= 4 is 27.9 Å². The third kappa shape index (κ3) is 5.99. The van der Waals surface area contributed by atoms with Crippen LogP contribution in [0.5, 0.6) is 11.5 Å². The smallest absolute Gasteiger partial charge is 0.262 e. The lowest BCUT2D eigenvalue weighted by molar-refractivity contribution is -0.117. The maximum absolute atomic E-state index is 12.7. The predicted octanol–water partition coefficient (Wildman–Crippen LogP) is 5.82. The summed E-state index contributed by atoms with van der Waals surface area (Å²) in [5.74, 6) is 0.606. The monoisotopic (exact) mass is 490 g/mol. The van der Waals surface area contributed by atoms with Gasteiger partial charge in [-0.25, -0.2) is 0 Å². The molecule has 5 nitrogen and oxygen atoms in total. The fraction of sp³-hybridized carbons (Fsp3) is 0.154. The zero-order chi connectivity index (χ0) is 22.9. The van der Waals surface area contributed by atoms with Crippen LogP contribution in [0.15, 0.2) is 82.8 Å². The van der Waals surface area contributed by atoms with E-state index in [2.05, 4.69) is 21.2 Å². The van der Waals surface area contributed by atoms with Gasteiger partial charge < -0.3 is 14.8 Å². The Bertz CT molecular complexity index is 1140. The maximum atomic E-state index is 12.7. The third-order valence-electron chi connectivity index (χ3n) is 4.80. The van der Waals surface area contributed by atoms with Gasteiger partial charge in [0.2, 0.25) is 0 Å². The molecule has 0 aromatic heterocycles. The summed E-state index contributed by atoms with van der Waals surface area (Å²) in [4.78, 5) is 12.7. The van der Waals surface area contributed by atoms with Gasteiger partial charge >= 0.3 is 0 Å². The highest BCUT2D eigenvalue weighted by molar-refractivity contribution is 9.10. The van der Waals surface area contributed by atoms with Crippen molar-refractivity contribution in [2.24, 2.45) is 0 Å². The predicted molar refractivity (Wildman–Crippen MR) is 128 cm³/mol. The summed E-state index contributed by atoms with van der Waals surface area (Å²) in [6.07, 6.45) is 1.53. The molecule has 0 radical (unpaired) electrons. The Balaban J connectivity index is 1.79. The first-order chi connectivity index (χ1) is 15.5. The molecular formula is C26H23BrN2O3. The summed E-state index contributed by atoms with van der Waals surface area (Å²) in [7, 11) is 1.55. The van der Waals surface area contributed by atoms with Crippen molar-refractivity contribution in [2.75, 3.05) is 7.11 Å². The van der Waals surface area contributed by atoms with E-state index < -0.39 is 5.91 Å². The van der Waals surface area contributed by atoms with Crippen molar-refractivity contribution in [1.82, 2.24) is 5.32 Å². The molecule has 0 spiro atoms. The maximum Gasteiger partial charge on any atom is 0.262 e. The summed E-state index contributed by atoms with van der Waals surface area (Å²) < 4.78 is 12.1. The summed E-state index contributed by atoms with van der Waals surface area (Å²) in [6.45, 7) is 2.26. The van der Waals surface area contributed by atoms with Gasteiger partial charge in [-0.1, -0.05) is 60.7 Å². The van der Waals surface area contributed by atoms with Crippen molar-refractivity contribution < 1.29 is 14.3 Å². The SMILES string of the molecule is COc1cc(/C=C(\C#N)C(=O)N[C@@H](C)c2ccccc2)cc(Br)c1OCc1ccccc1. The van der Waals surface area contributed by atoms with Crippen LogP contribution >= 0.6 is 15.9 Å². The zero-order valence-electron chi connectivity index (χ0n) is 17.8. The van der Waals surface area contributed by atoms with Gasteiger partial charge in [-0.2, -0.15) is 5.26 Å². The van der Waals surface area contributed by atoms with Crippen LogP contribution in [0.2, 0.25) is 0 Å². The van der Waals surface area contributed by atoms with Crippen molar-refractivity contribution in [2.45, 2.75) is 19.6 Å². The molecule has 1 N–H and O–H groups in total. The van der Waals surface area contributed by atoms with Crippen molar-refractivity contribution in [1.29, 1.82) is 5.26 Å². The second-order valence-electron chi connectivity index (χ2n) is 7.08. The number of nitrogens with zero attached hydrogens (tertiary/aromatic N) is 1. The van der Waals surface area contributed by atoms with E-state index in [0.717, 1.165) is 11.1 Å². The molecule has 3 aromatic carbocycles. The molecule has 0 saturated carbocycles. The molecule has 32 heavy (non-hydrogen) atoms. The topological polar surface area (TPSA) is 71.3 Å². The lowest BCUT2D eigenvalue weighted by Gasteiger charge is -2.15. The quantitative estimate of drug-likeness (QED) is 0.318. The van der Waals surface area contributed by atoms with Gasteiger partial charge in [0.05, 0.1) is 17.6 Å². The van der Waals surface area contributed by atoms with Crippen LogP contribution in [-0.2, 0) is 11.4 Å². The fourth-order valence-electron chi connectivity index (χ4n) is 3.11. The lowest BCUT2D eigenvalue weighted by atomic mass is 10.1. The normalized spacial score (nSPS) is 11.9. The molecule has 0 saturated heterocycles. The Labute approximate surface area is 196 Å². The van der Waals surface area contributed by atoms with Gasteiger partial charge in [0.1, 0.15) is 18.2 Å². The first-order valence-corrected chi connectivity index (χ1v) is 10.8. The van der Waals surface area contributed by atoms with E-state index >= 15 is 0 Å². The minimum absolute atomic E-state index is 0.000289. The number of rotatable bonds is 8. The minimum atomic E-state index is -0.441. The fourth-order valence-corrected chi connectivity index (χ4v) is 3.68. The second-order valence-corrected chi connectivity index (χ2v) is 7.94. The number of hydrogen-bond donors (Lipinski definition) is 1. The number of ether oxygens (including phenoxy) is 2. The molecule has 6 heteroatoms. The lowest BCUT2D eigenvalue weighted by Crippen LogP contribution is -2.27. The zero-order valence-corrected chi connectivity index (χ0v) is 19.4. The van der Waals surface area contributed by atoms with Crippen molar-refractivity contribution in [3.05, 3.63) is 99.5 Å². The number of halogens is 1. The summed E-state index contributed by atoms with van der Waals surface area (Å²) in [6, 6.07) is 24.7. The van der Waals surface area contributed by atoms with E-state index in [1.54, 1.807) is 19.2 Å². The van der Waals surface area contributed by atoms with Gasteiger partial charge in [0.25, 0.3) is 5.91 Å². The van der Waals surface area contributed by atoms with Crippen LogP contribution in [0.25, 0.3) is 6.08 Å². The van der Waals surface area contributed by atoms with Crippen LogP contribution < -0.4 is 14.8 Å². The number of carbonyl (C=O) groups is 1. The molecule has 3 aromatic rings. The number of benzene rings is 3. The van der Waals surface area contributed by atoms with E-state index in [1.807, 2.05) is 73.7 Å². The Morgan fingerprint density at radius 2 is 1.78 bits per heavy atom. The number of nitrogens with one attached hydrogen (secondary N) is 1. The van der Waals surface area contributed by atoms with Gasteiger partial charge in [-0.15, -0.1) is 0 Å². The Kier molecular flexibility index (Phi) is 8.07. The largest absolute Gasteiger partial charge is 0.493 e. The number of amides is 1. The first kappa shape index (κ1) is 23.1. The van der Waals surface area contributed by atoms with Gasteiger partial charge in [-0.3, -0.25) is 4.79 Å².